The van der Waals surface area contributed by atoms with E-state index in [2.05, 4.69) is 70.9 Å². The van der Waals surface area contributed by atoms with Crippen LogP contribution in [0.3, 0.4) is 0 Å². The second-order valence-electron chi connectivity index (χ2n) is 4.58. The molecular formula is C14H19BrN2. The average molecular weight is 295 g/mol. The number of hydrogen-bond acceptors (Lipinski definition) is 1. The van der Waals surface area contributed by atoms with Gasteiger partial charge in [0, 0.05) is 33.7 Å². The molecule has 1 aromatic heterocycles. The van der Waals surface area contributed by atoms with Crippen LogP contribution in [0.15, 0.2) is 28.7 Å². The molecule has 0 radical (unpaired) electrons. The van der Waals surface area contributed by atoms with E-state index in [0.29, 0.717) is 6.04 Å². The molecule has 1 N–H and O–H groups in total. The van der Waals surface area contributed by atoms with Crippen LogP contribution in [0.2, 0.25) is 0 Å². The molecule has 0 aliphatic carbocycles. The summed E-state index contributed by atoms with van der Waals surface area (Å²) in [4.78, 5) is 0. The molecule has 0 unspecified atom stereocenters. The van der Waals surface area contributed by atoms with E-state index in [1.165, 1.54) is 16.6 Å². The van der Waals surface area contributed by atoms with Gasteiger partial charge in [0.05, 0.1) is 0 Å². The second-order valence-corrected chi connectivity index (χ2v) is 5.50. The number of nitrogens with zero attached hydrogens (tertiary/aromatic N) is 1. The topological polar surface area (TPSA) is 17.0 Å². The van der Waals surface area contributed by atoms with E-state index in [1.54, 1.807) is 0 Å². The SMILES string of the molecule is CCNCc1cc2cc(Br)ccc2n1C(C)C. The van der Waals surface area contributed by atoms with Gasteiger partial charge in [0.15, 0.2) is 0 Å². The quantitative estimate of drug-likeness (QED) is 0.898. The molecule has 0 spiro atoms. The first-order valence-electron chi connectivity index (χ1n) is 6.13. The third-order valence-electron chi connectivity index (χ3n) is 2.95. The third kappa shape index (κ3) is 2.55. The maximum Gasteiger partial charge on any atom is 0.0486 e. The smallest absolute Gasteiger partial charge is 0.0486 e. The summed E-state index contributed by atoms with van der Waals surface area (Å²) >= 11 is 3.53. The highest BCUT2D eigenvalue weighted by Crippen LogP contribution is 2.26. The van der Waals surface area contributed by atoms with Crippen molar-refractivity contribution in [2.75, 3.05) is 6.54 Å². The highest BCUT2D eigenvalue weighted by atomic mass is 79.9. The number of hydrogen-bond donors (Lipinski definition) is 1. The molecule has 0 saturated heterocycles. The van der Waals surface area contributed by atoms with Gasteiger partial charge in [-0.1, -0.05) is 22.9 Å². The molecule has 0 amide bonds. The molecule has 1 heterocycles. The Kier molecular flexibility index (Phi) is 3.89. The maximum atomic E-state index is 3.53. The standard InChI is InChI=1S/C14H19BrN2/c1-4-16-9-13-8-11-7-12(15)5-6-14(11)17(13)10(2)3/h5-8,10,16H,4,9H2,1-3H3. The largest absolute Gasteiger partial charge is 0.341 e. The zero-order valence-electron chi connectivity index (χ0n) is 10.6. The average Bonchev–Trinajstić information content (AvgIpc) is 2.63. The molecule has 0 aliphatic heterocycles. The lowest BCUT2D eigenvalue weighted by molar-refractivity contribution is 0.572. The van der Waals surface area contributed by atoms with Crippen LogP contribution in [0, 0.1) is 0 Å². The van der Waals surface area contributed by atoms with Crippen molar-refractivity contribution in [1.29, 1.82) is 0 Å². The first kappa shape index (κ1) is 12.7. The third-order valence-corrected chi connectivity index (χ3v) is 3.45. The fourth-order valence-corrected chi connectivity index (χ4v) is 2.64. The van der Waals surface area contributed by atoms with Gasteiger partial charge in [0.1, 0.15) is 0 Å². The monoisotopic (exact) mass is 294 g/mol. The van der Waals surface area contributed by atoms with E-state index in [0.717, 1.165) is 17.6 Å². The van der Waals surface area contributed by atoms with Gasteiger partial charge in [-0.15, -0.1) is 0 Å². The summed E-state index contributed by atoms with van der Waals surface area (Å²) in [5, 5.41) is 4.71. The Morgan fingerprint density at radius 1 is 1.29 bits per heavy atom. The predicted octanol–water partition coefficient (Wildman–Crippen LogP) is 4.09. The summed E-state index contributed by atoms with van der Waals surface area (Å²) in [6.07, 6.45) is 0. The van der Waals surface area contributed by atoms with Crippen molar-refractivity contribution in [1.82, 2.24) is 9.88 Å². The molecule has 0 atom stereocenters. The molecule has 0 bridgehead atoms. The summed E-state index contributed by atoms with van der Waals surface area (Å²) in [6.45, 7) is 8.54. The van der Waals surface area contributed by atoms with E-state index in [-0.39, 0.29) is 0 Å². The molecule has 0 fully saturated rings. The van der Waals surface area contributed by atoms with Crippen LogP contribution in [-0.4, -0.2) is 11.1 Å². The Morgan fingerprint density at radius 2 is 2.06 bits per heavy atom. The fourth-order valence-electron chi connectivity index (χ4n) is 2.26. The Bertz CT molecular complexity index is 514. The minimum Gasteiger partial charge on any atom is -0.341 e. The normalized spacial score (nSPS) is 11.6. The highest BCUT2D eigenvalue weighted by molar-refractivity contribution is 9.10. The molecule has 2 aromatic rings. The zero-order valence-corrected chi connectivity index (χ0v) is 12.2. The van der Waals surface area contributed by atoms with Gasteiger partial charge in [-0.3, -0.25) is 0 Å². The van der Waals surface area contributed by atoms with Gasteiger partial charge in [0.25, 0.3) is 0 Å². The Hall–Kier alpha value is -0.800. The Labute approximate surface area is 111 Å². The molecule has 0 aliphatic rings. The van der Waals surface area contributed by atoms with Crippen LogP contribution >= 0.6 is 15.9 Å². The van der Waals surface area contributed by atoms with Gasteiger partial charge in [-0.2, -0.15) is 0 Å². The van der Waals surface area contributed by atoms with Crippen LogP contribution in [0.25, 0.3) is 10.9 Å². The van der Waals surface area contributed by atoms with Crippen LogP contribution in [0.4, 0.5) is 0 Å². The lowest BCUT2D eigenvalue weighted by atomic mass is 10.2. The van der Waals surface area contributed by atoms with Crippen molar-refractivity contribution in [2.45, 2.75) is 33.4 Å². The van der Waals surface area contributed by atoms with E-state index in [4.69, 9.17) is 0 Å². The van der Waals surface area contributed by atoms with Gasteiger partial charge in [0.2, 0.25) is 0 Å². The number of nitrogens with one attached hydrogen (secondary N) is 1. The summed E-state index contributed by atoms with van der Waals surface area (Å²) in [5.41, 5.74) is 2.67. The lowest BCUT2D eigenvalue weighted by Gasteiger charge is -2.14. The van der Waals surface area contributed by atoms with Gasteiger partial charge in [-0.05, 0) is 44.7 Å². The van der Waals surface area contributed by atoms with Crippen LogP contribution in [0.1, 0.15) is 32.5 Å². The molecule has 17 heavy (non-hydrogen) atoms. The molecule has 92 valence electrons. The van der Waals surface area contributed by atoms with Crippen molar-refractivity contribution in [3.63, 3.8) is 0 Å². The molecule has 2 nitrogen and oxygen atoms in total. The van der Waals surface area contributed by atoms with Crippen molar-refractivity contribution in [2.24, 2.45) is 0 Å². The molecular weight excluding hydrogens is 276 g/mol. The van der Waals surface area contributed by atoms with E-state index in [1.807, 2.05) is 0 Å². The maximum absolute atomic E-state index is 3.53. The Balaban J connectivity index is 2.53. The van der Waals surface area contributed by atoms with E-state index < -0.39 is 0 Å². The number of benzene rings is 1. The predicted molar refractivity (Wildman–Crippen MR) is 77.4 cm³/mol. The molecule has 1 aromatic carbocycles. The number of fused-ring (bicyclic) bond motifs is 1. The Morgan fingerprint density at radius 3 is 2.71 bits per heavy atom. The first-order valence-corrected chi connectivity index (χ1v) is 6.93. The fraction of sp³-hybridized carbons (Fsp3) is 0.429. The van der Waals surface area contributed by atoms with E-state index >= 15 is 0 Å². The first-order chi connectivity index (χ1) is 8.13. The highest BCUT2D eigenvalue weighted by Gasteiger charge is 2.10. The number of halogens is 1. The van der Waals surface area contributed by atoms with Crippen molar-refractivity contribution >= 4 is 26.8 Å². The molecule has 3 heteroatoms. The summed E-state index contributed by atoms with van der Waals surface area (Å²) < 4.78 is 3.55. The number of rotatable bonds is 4. The minimum absolute atomic E-state index is 0.488. The molecule has 0 saturated carbocycles. The summed E-state index contributed by atoms with van der Waals surface area (Å²) in [5.74, 6) is 0. The minimum atomic E-state index is 0.488. The zero-order chi connectivity index (χ0) is 12.4. The van der Waals surface area contributed by atoms with Gasteiger partial charge in [-0.25, -0.2) is 0 Å². The van der Waals surface area contributed by atoms with Crippen LogP contribution < -0.4 is 5.32 Å². The molecule has 2 rings (SSSR count). The van der Waals surface area contributed by atoms with Crippen molar-refractivity contribution in [3.05, 3.63) is 34.4 Å². The van der Waals surface area contributed by atoms with E-state index in [9.17, 15) is 0 Å². The van der Waals surface area contributed by atoms with Gasteiger partial charge >= 0.3 is 0 Å². The summed E-state index contributed by atoms with van der Waals surface area (Å²) in [6, 6.07) is 9.25. The lowest BCUT2D eigenvalue weighted by Crippen LogP contribution is -2.16. The van der Waals surface area contributed by atoms with Crippen LogP contribution in [-0.2, 0) is 6.54 Å². The summed E-state index contributed by atoms with van der Waals surface area (Å²) in [7, 11) is 0. The van der Waals surface area contributed by atoms with Crippen molar-refractivity contribution in [3.8, 4) is 0 Å². The number of aromatic nitrogens is 1. The van der Waals surface area contributed by atoms with Gasteiger partial charge < -0.3 is 9.88 Å². The second kappa shape index (κ2) is 5.23. The van der Waals surface area contributed by atoms with Crippen LogP contribution in [0.5, 0.6) is 0 Å². The van der Waals surface area contributed by atoms with Crippen molar-refractivity contribution < 1.29 is 0 Å².